The van der Waals surface area contributed by atoms with E-state index in [1.807, 2.05) is 11.9 Å². The summed E-state index contributed by atoms with van der Waals surface area (Å²) < 4.78 is 1.75. The number of rotatable bonds is 4. The normalized spacial score (nSPS) is 15.7. The zero-order chi connectivity index (χ0) is 12.4. The molecule has 0 amide bonds. The lowest BCUT2D eigenvalue weighted by atomic mass is 10.1. The van der Waals surface area contributed by atoms with Gasteiger partial charge in [0.25, 0.3) is 5.56 Å². The molecule has 1 aliphatic rings. The van der Waals surface area contributed by atoms with E-state index >= 15 is 0 Å². The van der Waals surface area contributed by atoms with E-state index in [2.05, 4.69) is 26.3 Å². The van der Waals surface area contributed by atoms with E-state index in [4.69, 9.17) is 5.11 Å². The molecule has 0 aromatic carbocycles. The lowest BCUT2D eigenvalue weighted by Crippen LogP contribution is -2.56. The second-order valence-electron chi connectivity index (χ2n) is 4.02. The first-order chi connectivity index (χ1) is 8.15. The fourth-order valence-corrected chi connectivity index (χ4v) is 2.29. The zero-order valence-electron chi connectivity index (χ0n) is 9.56. The van der Waals surface area contributed by atoms with Crippen LogP contribution in [0.15, 0.2) is 15.5 Å². The molecule has 17 heavy (non-hydrogen) atoms. The fourth-order valence-electron chi connectivity index (χ4n) is 1.70. The van der Waals surface area contributed by atoms with Gasteiger partial charge in [0.2, 0.25) is 0 Å². The van der Waals surface area contributed by atoms with Crippen molar-refractivity contribution in [1.29, 1.82) is 0 Å². The smallest absolute Gasteiger partial charge is 0.283 e. The van der Waals surface area contributed by atoms with E-state index < -0.39 is 0 Å². The number of aliphatic hydroxyl groups is 1. The Morgan fingerprint density at radius 3 is 2.94 bits per heavy atom. The Morgan fingerprint density at radius 2 is 2.41 bits per heavy atom. The van der Waals surface area contributed by atoms with Crippen LogP contribution < -0.4 is 15.8 Å². The molecule has 2 rings (SSSR count). The zero-order valence-corrected chi connectivity index (χ0v) is 11.1. The number of hydrogen-bond acceptors (Lipinski definition) is 5. The highest BCUT2D eigenvalue weighted by Crippen LogP contribution is 2.23. The van der Waals surface area contributed by atoms with Gasteiger partial charge >= 0.3 is 0 Å². The van der Waals surface area contributed by atoms with Crippen molar-refractivity contribution in [2.45, 2.75) is 12.6 Å². The second-order valence-corrected chi connectivity index (χ2v) is 4.81. The fraction of sp³-hybridized carbons (Fsp3) is 0.600. The molecule has 0 saturated carbocycles. The van der Waals surface area contributed by atoms with Crippen LogP contribution >= 0.6 is 15.9 Å². The van der Waals surface area contributed by atoms with Crippen molar-refractivity contribution in [3.8, 4) is 0 Å². The van der Waals surface area contributed by atoms with Crippen molar-refractivity contribution < 1.29 is 5.11 Å². The molecule has 0 atom stereocenters. The van der Waals surface area contributed by atoms with E-state index in [9.17, 15) is 4.79 Å². The standard InChI is InChI=1S/C10H15BrN4O2/c1-14(7-4-12-5-7)8-6-13-15(2-3-16)10(17)9(8)11/h6-7,12,16H,2-5H2,1H3. The average Bonchev–Trinajstić information content (AvgIpc) is 2.22. The van der Waals surface area contributed by atoms with E-state index in [0.717, 1.165) is 18.8 Å². The summed E-state index contributed by atoms with van der Waals surface area (Å²) in [6.07, 6.45) is 1.65. The van der Waals surface area contributed by atoms with Gasteiger partial charge in [0.05, 0.1) is 31.1 Å². The van der Waals surface area contributed by atoms with Gasteiger partial charge in [-0.1, -0.05) is 0 Å². The molecular weight excluding hydrogens is 288 g/mol. The van der Waals surface area contributed by atoms with Crippen LogP contribution in [-0.2, 0) is 6.54 Å². The van der Waals surface area contributed by atoms with Gasteiger partial charge in [0, 0.05) is 20.1 Å². The maximum absolute atomic E-state index is 11.9. The number of likely N-dealkylation sites (N-methyl/N-ethyl adjacent to an activating group) is 1. The van der Waals surface area contributed by atoms with Crippen molar-refractivity contribution in [2.75, 3.05) is 31.6 Å². The van der Waals surface area contributed by atoms with Crippen molar-refractivity contribution in [3.05, 3.63) is 21.0 Å². The minimum atomic E-state index is -0.212. The van der Waals surface area contributed by atoms with Crippen LogP contribution in [0.25, 0.3) is 0 Å². The van der Waals surface area contributed by atoms with Crippen LogP contribution in [0.1, 0.15) is 0 Å². The number of halogens is 1. The van der Waals surface area contributed by atoms with Crippen molar-refractivity contribution in [3.63, 3.8) is 0 Å². The monoisotopic (exact) mass is 302 g/mol. The minimum absolute atomic E-state index is 0.0962. The van der Waals surface area contributed by atoms with E-state index in [1.54, 1.807) is 6.20 Å². The highest BCUT2D eigenvalue weighted by Gasteiger charge is 2.24. The predicted octanol–water partition coefficient (Wildman–Crippen LogP) is -0.594. The molecule has 0 unspecified atom stereocenters. The van der Waals surface area contributed by atoms with Crippen LogP contribution in [0, 0.1) is 0 Å². The Bertz CT molecular complexity index is 458. The molecule has 6 nitrogen and oxygen atoms in total. The van der Waals surface area contributed by atoms with E-state index in [1.165, 1.54) is 4.68 Å². The number of anilines is 1. The van der Waals surface area contributed by atoms with Gasteiger partial charge in [0.1, 0.15) is 4.47 Å². The Morgan fingerprint density at radius 1 is 1.71 bits per heavy atom. The summed E-state index contributed by atoms with van der Waals surface area (Å²) in [7, 11) is 1.95. The lowest BCUT2D eigenvalue weighted by Gasteiger charge is -2.37. The van der Waals surface area contributed by atoms with Gasteiger partial charge in [-0.15, -0.1) is 0 Å². The number of aliphatic hydroxyl groups excluding tert-OH is 1. The lowest BCUT2D eigenvalue weighted by molar-refractivity contribution is 0.266. The summed E-state index contributed by atoms with van der Waals surface area (Å²) in [6.45, 7) is 1.96. The summed E-state index contributed by atoms with van der Waals surface area (Å²) in [6, 6.07) is 0.404. The first-order valence-electron chi connectivity index (χ1n) is 5.45. The van der Waals surface area contributed by atoms with Crippen LogP contribution in [0.2, 0.25) is 0 Å². The quantitative estimate of drug-likeness (QED) is 0.778. The van der Waals surface area contributed by atoms with E-state index in [0.29, 0.717) is 10.5 Å². The Labute approximate surface area is 107 Å². The largest absolute Gasteiger partial charge is 0.394 e. The number of nitrogens with one attached hydrogen (secondary N) is 1. The van der Waals surface area contributed by atoms with Gasteiger partial charge in [-0.3, -0.25) is 4.79 Å². The molecule has 1 aromatic heterocycles. The van der Waals surface area contributed by atoms with Gasteiger partial charge in [-0.25, -0.2) is 4.68 Å². The minimum Gasteiger partial charge on any atom is -0.394 e. The third-order valence-electron chi connectivity index (χ3n) is 2.97. The van der Waals surface area contributed by atoms with Gasteiger partial charge in [-0.05, 0) is 15.9 Å². The molecule has 1 aliphatic heterocycles. The van der Waals surface area contributed by atoms with Gasteiger partial charge < -0.3 is 15.3 Å². The van der Waals surface area contributed by atoms with Gasteiger partial charge in [-0.2, -0.15) is 5.10 Å². The molecule has 0 radical (unpaired) electrons. The molecule has 7 heteroatoms. The third kappa shape index (κ3) is 2.36. The molecule has 1 saturated heterocycles. The molecule has 1 fully saturated rings. The molecule has 0 bridgehead atoms. The van der Waals surface area contributed by atoms with Crippen LogP contribution in [0.5, 0.6) is 0 Å². The maximum atomic E-state index is 11.9. The SMILES string of the molecule is CN(c1cnn(CCO)c(=O)c1Br)C1CNC1. The highest BCUT2D eigenvalue weighted by atomic mass is 79.9. The molecule has 2 N–H and O–H groups in total. The van der Waals surface area contributed by atoms with Crippen molar-refractivity contribution in [2.24, 2.45) is 0 Å². The second kappa shape index (κ2) is 5.16. The summed E-state index contributed by atoms with van der Waals surface area (Å²) >= 11 is 3.31. The van der Waals surface area contributed by atoms with Crippen LogP contribution in [0.4, 0.5) is 5.69 Å². The molecule has 94 valence electrons. The molecule has 1 aromatic rings. The third-order valence-corrected chi connectivity index (χ3v) is 3.71. The molecule has 0 spiro atoms. The van der Waals surface area contributed by atoms with Crippen LogP contribution in [0.3, 0.4) is 0 Å². The summed E-state index contributed by atoms with van der Waals surface area (Å²) in [5, 5.41) is 16.0. The predicted molar refractivity (Wildman–Crippen MR) is 68.3 cm³/mol. The average molecular weight is 303 g/mol. The van der Waals surface area contributed by atoms with Crippen LogP contribution in [-0.4, -0.2) is 47.7 Å². The van der Waals surface area contributed by atoms with Crippen molar-refractivity contribution >= 4 is 21.6 Å². The van der Waals surface area contributed by atoms with Crippen molar-refractivity contribution in [1.82, 2.24) is 15.1 Å². The number of nitrogens with zero attached hydrogens (tertiary/aromatic N) is 3. The molecule has 0 aliphatic carbocycles. The summed E-state index contributed by atoms with van der Waals surface area (Å²) in [4.78, 5) is 14.0. The molecular formula is C10H15BrN4O2. The Kier molecular flexibility index (Phi) is 3.80. The number of hydrogen-bond donors (Lipinski definition) is 2. The first-order valence-corrected chi connectivity index (χ1v) is 6.24. The Hall–Kier alpha value is -0.920. The number of aromatic nitrogens is 2. The topological polar surface area (TPSA) is 70.4 Å². The summed E-state index contributed by atoms with van der Waals surface area (Å²) in [5.41, 5.74) is 0.575. The first kappa shape index (κ1) is 12.5. The maximum Gasteiger partial charge on any atom is 0.283 e. The molecule has 2 heterocycles. The Balaban J connectivity index is 2.29. The summed E-state index contributed by atoms with van der Waals surface area (Å²) in [5.74, 6) is 0. The van der Waals surface area contributed by atoms with Gasteiger partial charge in [0.15, 0.2) is 0 Å². The highest BCUT2D eigenvalue weighted by molar-refractivity contribution is 9.10. The van der Waals surface area contributed by atoms with E-state index in [-0.39, 0.29) is 18.7 Å².